The maximum Gasteiger partial charge on any atom is 0.326 e. The summed E-state index contributed by atoms with van der Waals surface area (Å²) >= 11 is 0. The van der Waals surface area contributed by atoms with Crippen LogP contribution in [-0.4, -0.2) is 72.0 Å². The van der Waals surface area contributed by atoms with E-state index in [4.69, 9.17) is 22.9 Å². The van der Waals surface area contributed by atoms with Crippen LogP contribution in [0.2, 0.25) is 0 Å². The summed E-state index contributed by atoms with van der Waals surface area (Å²) in [6.07, 6.45) is 2.18. The van der Waals surface area contributed by atoms with Gasteiger partial charge in [0.1, 0.15) is 18.1 Å². The molecule has 1 aromatic carbocycles. The average Bonchev–Trinajstić information content (AvgIpc) is 2.88. The predicted molar refractivity (Wildman–Crippen MR) is 149 cm³/mol. The summed E-state index contributed by atoms with van der Waals surface area (Å²) < 4.78 is 0. The number of nitrogens with one attached hydrogen (secondary N) is 3. The first-order valence-electron chi connectivity index (χ1n) is 13.1. The summed E-state index contributed by atoms with van der Waals surface area (Å²) in [5.74, 6) is -3.42. The van der Waals surface area contributed by atoms with E-state index in [0.717, 1.165) is 5.56 Å². The molecule has 0 radical (unpaired) electrons. The van der Waals surface area contributed by atoms with Crippen LogP contribution < -0.4 is 38.9 Å². The molecular formula is C26H44N8O5. The molecule has 0 aliphatic heterocycles. The summed E-state index contributed by atoms with van der Waals surface area (Å²) in [5.41, 5.74) is 23.3. The van der Waals surface area contributed by atoms with Crippen molar-refractivity contribution < 1.29 is 24.3 Å². The van der Waals surface area contributed by atoms with Crippen LogP contribution in [0.25, 0.3) is 0 Å². The highest BCUT2D eigenvalue weighted by Crippen LogP contribution is 2.08. The molecule has 0 saturated heterocycles. The lowest BCUT2D eigenvalue weighted by Gasteiger charge is -2.26. The normalized spacial score (nSPS) is 14.0. The third kappa shape index (κ3) is 13.1. The van der Waals surface area contributed by atoms with Crippen molar-refractivity contribution in [1.82, 2.24) is 16.0 Å². The Bertz CT molecular complexity index is 953. The molecule has 0 bridgehead atoms. The zero-order valence-corrected chi connectivity index (χ0v) is 22.8. The van der Waals surface area contributed by atoms with Crippen molar-refractivity contribution in [3.8, 4) is 0 Å². The molecule has 39 heavy (non-hydrogen) atoms. The number of hydrogen-bond donors (Lipinski definition) is 8. The Kier molecular flexibility index (Phi) is 15.2. The number of amides is 3. The summed E-state index contributed by atoms with van der Waals surface area (Å²) in [4.78, 5) is 54.7. The second kappa shape index (κ2) is 17.7. The van der Waals surface area contributed by atoms with Crippen molar-refractivity contribution in [3.63, 3.8) is 0 Å². The van der Waals surface area contributed by atoms with Gasteiger partial charge in [-0.1, -0.05) is 44.2 Å². The lowest BCUT2D eigenvalue weighted by molar-refractivity contribution is -0.143. The molecule has 1 aromatic rings. The molecule has 3 amide bonds. The summed E-state index contributed by atoms with van der Waals surface area (Å²) in [6, 6.07) is 5.12. The molecule has 12 N–H and O–H groups in total. The summed E-state index contributed by atoms with van der Waals surface area (Å²) in [5, 5.41) is 17.3. The van der Waals surface area contributed by atoms with Gasteiger partial charge >= 0.3 is 5.97 Å². The molecule has 0 aromatic heterocycles. The first-order chi connectivity index (χ1) is 18.5. The smallest absolute Gasteiger partial charge is 0.326 e. The van der Waals surface area contributed by atoms with E-state index in [-0.39, 0.29) is 37.7 Å². The highest BCUT2D eigenvalue weighted by Gasteiger charge is 2.31. The Morgan fingerprint density at radius 1 is 0.872 bits per heavy atom. The number of benzene rings is 1. The van der Waals surface area contributed by atoms with E-state index in [1.807, 2.05) is 30.3 Å². The van der Waals surface area contributed by atoms with E-state index in [9.17, 15) is 24.3 Å². The van der Waals surface area contributed by atoms with Crippen molar-refractivity contribution in [2.24, 2.45) is 33.8 Å². The van der Waals surface area contributed by atoms with Crippen LogP contribution >= 0.6 is 0 Å². The number of guanidine groups is 1. The first-order valence-corrected chi connectivity index (χ1v) is 13.1. The molecule has 13 heteroatoms. The van der Waals surface area contributed by atoms with Crippen LogP contribution in [-0.2, 0) is 25.6 Å². The number of hydrogen-bond acceptors (Lipinski definition) is 7. The highest BCUT2D eigenvalue weighted by atomic mass is 16.4. The zero-order chi connectivity index (χ0) is 29.4. The standard InChI is InChI=1S/C26H44N8O5/c1-16(2)21(25(38)39)34-24(37)19(11-6-7-13-27)33-23(36)20(12-8-14-31-26(29)30)32-22(35)18(28)15-17-9-4-3-5-10-17/h3-5,9-10,16,18-21H,6-8,11-15,27-28H2,1-2H3,(H,32,35)(H,33,36)(H,34,37)(H,38,39)(H4,29,30,31). The number of carbonyl (C=O) groups is 4. The van der Waals surface area contributed by atoms with Gasteiger partial charge in [-0.25, -0.2) is 4.79 Å². The molecule has 0 aliphatic carbocycles. The highest BCUT2D eigenvalue weighted by molar-refractivity contribution is 5.94. The van der Waals surface area contributed by atoms with Crippen molar-refractivity contribution >= 4 is 29.7 Å². The topological polar surface area (TPSA) is 241 Å². The average molecular weight is 549 g/mol. The summed E-state index contributed by atoms with van der Waals surface area (Å²) in [6.45, 7) is 3.96. The van der Waals surface area contributed by atoms with Gasteiger partial charge in [0.25, 0.3) is 0 Å². The molecule has 4 unspecified atom stereocenters. The maximum atomic E-state index is 13.3. The second-order valence-electron chi connectivity index (χ2n) is 9.72. The molecule has 0 heterocycles. The van der Waals surface area contributed by atoms with Crippen LogP contribution in [0.1, 0.15) is 51.5 Å². The quantitative estimate of drug-likeness (QED) is 0.0632. The number of rotatable bonds is 18. The van der Waals surface area contributed by atoms with E-state index in [1.54, 1.807) is 13.8 Å². The minimum atomic E-state index is -1.18. The van der Waals surface area contributed by atoms with Crippen LogP contribution in [0.5, 0.6) is 0 Å². The molecule has 4 atom stereocenters. The monoisotopic (exact) mass is 548 g/mol. The first kappa shape index (κ1) is 33.3. The zero-order valence-electron chi connectivity index (χ0n) is 22.8. The fraction of sp³-hybridized carbons (Fsp3) is 0.577. The van der Waals surface area contributed by atoms with Crippen molar-refractivity contribution in [2.45, 2.75) is 76.5 Å². The van der Waals surface area contributed by atoms with E-state index < -0.39 is 47.9 Å². The largest absolute Gasteiger partial charge is 0.480 e. The molecule has 218 valence electrons. The minimum Gasteiger partial charge on any atom is -0.480 e. The van der Waals surface area contributed by atoms with Crippen LogP contribution in [0.15, 0.2) is 35.3 Å². The molecule has 1 rings (SSSR count). The third-order valence-electron chi connectivity index (χ3n) is 6.02. The Balaban J connectivity index is 3.03. The number of aliphatic carboxylic acids is 1. The number of nitrogens with zero attached hydrogens (tertiary/aromatic N) is 1. The fourth-order valence-corrected chi connectivity index (χ4v) is 3.81. The van der Waals surface area contributed by atoms with Crippen LogP contribution in [0.4, 0.5) is 0 Å². The van der Waals surface area contributed by atoms with Gasteiger partial charge in [0.15, 0.2) is 5.96 Å². The van der Waals surface area contributed by atoms with Gasteiger partial charge in [0.05, 0.1) is 6.04 Å². The Labute approximate surface area is 229 Å². The van der Waals surface area contributed by atoms with Gasteiger partial charge in [-0.15, -0.1) is 0 Å². The lowest BCUT2D eigenvalue weighted by Crippen LogP contribution is -2.57. The predicted octanol–water partition coefficient (Wildman–Crippen LogP) is -1.07. The molecular weight excluding hydrogens is 504 g/mol. The minimum absolute atomic E-state index is 0.0975. The molecule has 0 fully saturated rings. The Morgan fingerprint density at radius 3 is 1.97 bits per heavy atom. The van der Waals surface area contributed by atoms with Crippen LogP contribution in [0.3, 0.4) is 0 Å². The number of carboxylic acids is 1. The molecule has 0 spiro atoms. The number of nitrogens with two attached hydrogens (primary N) is 4. The number of aliphatic imine (C=N–C) groups is 1. The summed E-state index contributed by atoms with van der Waals surface area (Å²) in [7, 11) is 0. The van der Waals surface area contributed by atoms with Gasteiger partial charge in [0, 0.05) is 6.54 Å². The van der Waals surface area contributed by atoms with Crippen molar-refractivity contribution in [1.29, 1.82) is 0 Å². The van der Waals surface area contributed by atoms with Gasteiger partial charge in [-0.3, -0.25) is 19.4 Å². The molecule has 0 aliphatic rings. The van der Waals surface area contributed by atoms with Gasteiger partial charge in [-0.2, -0.15) is 0 Å². The maximum absolute atomic E-state index is 13.3. The fourth-order valence-electron chi connectivity index (χ4n) is 3.81. The second-order valence-corrected chi connectivity index (χ2v) is 9.72. The SMILES string of the molecule is CC(C)C(NC(=O)C(CCCCN)NC(=O)C(CCCN=C(N)N)NC(=O)C(N)Cc1ccccc1)C(=O)O. The van der Waals surface area contributed by atoms with Gasteiger partial charge in [-0.05, 0) is 56.6 Å². The number of carboxylic acid groups (broad SMARTS) is 1. The Morgan fingerprint density at radius 2 is 1.44 bits per heavy atom. The van der Waals surface area contributed by atoms with E-state index in [1.165, 1.54) is 0 Å². The Hall–Kier alpha value is -3.71. The van der Waals surface area contributed by atoms with E-state index in [2.05, 4.69) is 20.9 Å². The molecule has 0 saturated carbocycles. The van der Waals surface area contributed by atoms with E-state index in [0.29, 0.717) is 25.8 Å². The van der Waals surface area contributed by atoms with E-state index >= 15 is 0 Å². The number of carbonyl (C=O) groups excluding carboxylic acids is 3. The lowest BCUT2D eigenvalue weighted by atomic mass is 10.0. The van der Waals surface area contributed by atoms with Crippen molar-refractivity contribution in [3.05, 3.63) is 35.9 Å². The van der Waals surface area contributed by atoms with Crippen LogP contribution in [0, 0.1) is 5.92 Å². The molecule has 13 nitrogen and oxygen atoms in total. The van der Waals surface area contributed by atoms with Gasteiger partial charge < -0.3 is 44.0 Å². The number of unbranched alkanes of at least 4 members (excludes halogenated alkanes) is 1. The van der Waals surface area contributed by atoms with Crippen molar-refractivity contribution in [2.75, 3.05) is 13.1 Å². The third-order valence-corrected chi connectivity index (χ3v) is 6.02. The van der Waals surface area contributed by atoms with Gasteiger partial charge in [0.2, 0.25) is 17.7 Å².